The number of hydrogen-bond acceptors (Lipinski definition) is 7. The van der Waals surface area contributed by atoms with Crippen LogP contribution in [0.2, 0.25) is 0 Å². The highest BCUT2D eigenvalue weighted by molar-refractivity contribution is 7.89. The van der Waals surface area contributed by atoms with Crippen LogP contribution in [0.5, 0.6) is 0 Å². The van der Waals surface area contributed by atoms with Crippen molar-refractivity contribution in [3.8, 4) is 11.1 Å². The molecule has 300 valence electrons. The molecule has 59 heavy (non-hydrogen) atoms. The van der Waals surface area contributed by atoms with E-state index in [1.807, 2.05) is 129 Å². The van der Waals surface area contributed by atoms with E-state index < -0.39 is 28.3 Å². The van der Waals surface area contributed by atoms with E-state index >= 15 is 0 Å². The molecular formula is C48H46N4O6S. The molecule has 1 saturated heterocycles. The van der Waals surface area contributed by atoms with Gasteiger partial charge in [0.2, 0.25) is 15.9 Å². The van der Waals surface area contributed by atoms with Gasteiger partial charge in [-0.15, -0.1) is 0 Å². The van der Waals surface area contributed by atoms with Gasteiger partial charge in [0.05, 0.1) is 47.6 Å². The summed E-state index contributed by atoms with van der Waals surface area (Å²) >= 11 is 0. The molecule has 0 bridgehead atoms. The van der Waals surface area contributed by atoms with Crippen molar-refractivity contribution in [3.63, 3.8) is 0 Å². The Balaban J connectivity index is 0.997. The van der Waals surface area contributed by atoms with E-state index in [9.17, 15) is 18.3 Å². The topological polar surface area (TPSA) is 132 Å². The summed E-state index contributed by atoms with van der Waals surface area (Å²) in [6.45, 7) is 2.65. The maximum atomic E-state index is 13.7. The Morgan fingerprint density at radius 2 is 1.49 bits per heavy atom. The third-order valence-corrected chi connectivity index (χ3v) is 12.1. The number of aryl methyl sites for hydroxylation is 1. The summed E-state index contributed by atoms with van der Waals surface area (Å²) in [4.78, 5) is 18.4. The molecule has 0 spiro atoms. The molecule has 1 aromatic heterocycles. The summed E-state index contributed by atoms with van der Waals surface area (Å²) < 4.78 is 44.9. The van der Waals surface area contributed by atoms with Crippen LogP contribution in [-0.4, -0.2) is 41.1 Å². The lowest BCUT2D eigenvalue weighted by Crippen LogP contribution is -2.47. The highest BCUT2D eigenvalue weighted by Crippen LogP contribution is 2.39. The molecule has 2 heterocycles. The number of carbonyl (C=O) groups is 1. The van der Waals surface area contributed by atoms with Gasteiger partial charge in [0.25, 0.3) is 0 Å². The number of amides is 1. The zero-order valence-corrected chi connectivity index (χ0v) is 33.5. The van der Waals surface area contributed by atoms with Crippen LogP contribution in [0.4, 0.5) is 0 Å². The summed E-state index contributed by atoms with van der Waals surface area (Å²) in [5, 5.41) is 12.6. The van der Waals surface area contributed by atoms with Crippen molar-refractivity contribution in [1.82, 2.24) is 19.6 Å². The fourth-order valence-corrected chi connectivity index (χ4v) is 8.65. The van der Waals surface area contributed by atoms with E-state index in [-0.39, 0.29) is 36.7 Å². The van der Waals surface area contributed by atoms with Crippen LogP contribution in [-0.2, 0) is 50.4 Å². The van der Waals surface area contributed by atoms with Crippen LogP contribution in [0, 0.1) is 6.92 Å². The Hall–Kier alpha value is -5.95. The number of sulfonamides is 1. The minimum Gasteiger partial charge on any atom is -0.392 e. The average molecular weight is 807 g/mol. The molecule has 10 nitrogen and oxygen atoms in total. The van der Waals surface area contributed by atoms with Gasteiger partial charge >= 0.3 is 0 Å². The SMILES string of the molecule is Cc1ccc(S(=O)(=O)N[C@H](Cc2ccccc2)C(=O)NCc2cccc(-c3cccc([C@@H]4O[C@H](Cn5cnc6ccccc65)C[C@H](c5ccc(CO)cc5)O4)c3)c2)cc1. The first-order valence-electron chi connectivity index (χ1n) is 19.7. The Morgan fingerprint density at radius 1 is 0.780 bits per heavy atom. The van der Waals surface area contributed by atoms with Crippen LogP contribution in [0.15, 0.2) is 163 Å². The van der Waals surface area contributed by atoms with Gasteiger partial charge in [-0.05, 0) is 83.1 Å². The highest BCUT2D eigenvalue weighted by Gasteiger charge is 2.33. The van der Waals surface area contributed by atoms with Crippen molar-refractivity contribution in [2.75, 3.05) is 0 Å². The Labute approximate surface area is 344 Å². The smallest absolute Gasteiger partial charge is 0.241 e. The molecule has 1 aliphatic heterocycles. The molecule has 7 aromatic rings. The number of aliphatic hydroxyl groups excluding tert-OH is 1. The van der Waals surface area contributed by atoms with E-state index in [2.05, 4.69) is 31.7 Å². The molecule has 1 amide bonds. The molecule has 8 rings (SSSR count). The van der Waals surface area contributed by atoms with Crippen molar-refractivity contribution in [2.45, 2.75) is 68.9 Å². The molecule has 1 fully saturated rings. The first-order valence-corrected chi connectivity index (χ1v) is 21.2. The lowest BCUT2D eigenvalue weighted by Gasteiger charge is -2.36. The van der Waals surface area contributed by atoms with E-state index in [1.165, 1.54) is 0 Å². The lowest BCUT2D eigenvalue weighted by atomic mass is 9.98. The van der Waals surface area contributed by atoms with E-state index in [4.69, 9.17) is 9.47 Å². The van der Waals surface area contributed by atoms with Gasteiger partial charge in [0.15, 0.2) is 6.29 Å². The Morgan fingerprint density at radius 3 is 2.27 bits per heavy atom. The monoisotopic (exact) mass is 806 g/mol. The number of ether oxygens (including phenoxy) is 2. The minimum absolute atomic E-state index is 0.0287. The number of rotatable bonds is 14. The molecule has 3 N–H and O–H groups in total. The molecule has 0 radical (unpaired) electrons. The van der Waals surface area contributed by atoms with Gasteiger partial charge < -0.3 is 24.5 Å². The second-order valence-electron chi connectivity index (χ2n) is 15.0. The molecule has 11 heteroatoms. The number of fused-ring (bicyclic) bond motifs is 1. The number of aliphatic hydroxyl groups is 1. The fourth-order valence-electron chi connectivity index (χ4n) is 7.46. The fraction of sp³-hybridized carbons (Fsp3) is 0.208. The molecule has 1 aliphatic rings. The molecule has 0 unspecified atom stereocenters. The van der Waals surface area contributed by atoms with Gasteiger partial charge in [-0.3, -0.25) is 4.79 Å². The number of aromatic nitrogens is 2. The number of nitrogens with zero attached hydrogens (tertiary/aromatic N) is 2. The van der Waals surface area contributed by atoms with E-state index in [0.29, 0.717) is 13.0 Å². The first kappa shape index (κ1) is 39.9. The summed E-state index contributed by atoms with van der Waals surface area (Å²) in [5.41, 5.74) is 9.18. The standard InChI is InChI=1S/C48H46N4O6S/c1-33-17-23-42(24-18-33)59(55,56)51-44(26-34-9-3-2-4-10-34)47(54)49-29-36-11-7-12-38(25-36)39-13-8-14-40(27-39)48-57-41(30-52-32-50-43-15-5-6-16-45(43)52)28-46(58-48)37-21-19-35(31-53)20-22-37/h2-25,27,32,41,44,46,48,51,53H,26,28-31H2,1H3,(H,49,54)/t41-,44+,46+,48+/m0/s1. The van der Waals surface area contributed by atoms with Crippen LogP contribution in [0.25, 0.3) is 22.2 Å². The molecule has 0 aliphatic carbocycles. The van der Waals surface area contributed by atoms with Crippen LogP contribution >= 0.6 is 0 Å². The molecule has 4 atom stereocenters. The normalized spacial score (nSPS) is 17.4. The zero-order valence-electron chi connectivity index (χ0n) is 32.6. The minimum atomic E-state index is -3.97. The highest BCUT2D eigenvalue weighted by atomic mass is 32.2. The number of nitrogens with one attached hydrogen (secondary N) is 2. The predicted molar refractivity (Wildman–Crippen MR) is 227 cm³/mol. The van der Waals surface area contributed by atoms with Gasteiger partial charge in [0.1, 0.15) is 6.04 Å². The second-order valence-corrected chi connectivity index (χ2v) is 16.7. The summed E-state index contributed by atoms with van der Waals surface area (Å²) in [7, 11) is -3.97. The second kappa shape index (κ2) is 17.9. The van der Waals surface area contributed by atoms with Gasteiger partial charge in [-0.2, -0.15) is 4.72 Å². The summed E-state index contributed by atoms with van der Waals surface area (Å²) in [5.74, 6) is -0.428. The quantitative estimate of drug-likeness (QED) is 0.102. The predicted octanol–water partition coefficient (Wildman–Crippen LogP) is 7.96. The van der Waals surface area contributed by atoms with Gasteiger partial charge in [-0.25, -0.2) is 13.4 Å². The maximum Gasteiger partial charge on any atom is 0.241 e. The number of benzene rings is 6. The largest absolute Gasteiger partial charge is 0.392 e. The van der Waals surface area contributed by atoms with Crippen molar-refractivity contribution in [2.24, 2.45) is 0 Å². The van der Waals surface area contributed by atoms with Crippen molar-refractivity contribution in [3.05, 3.63) is 191 Å². The number of para-hydroxylation sites is 2. The first-order chi connectivity index (χ1) is 28.7. The number of carbonyl (C=O) groups excluding carboxylic acids is 1. The molecule has 6 aromatic carbocycles. The number of imidazole rings is 1. The van der Waals surface area contributed by atoms with Crippen LogP contribution < -0.4 is 10.0 Å². The van der Waals surface area contributed by atoms with Crippen molar-refractivity contribution < 1.29 is 27.8 Å². The van der Waals surface area contributed by atoms with E-state index in [1.54, 1.807) is 24.3 Å². The van der Waals surface area contributed by atoms with Crippen molar-refractivity contribution in [1.29, 1.82) is 0 Å². The lowest BCUT2D eigenvalue weighted by molar-refractivity contribution is -0.252. The average Bonchev–Trinajstić information content (AvgIpc) is 3.68. The third kappa shape index (κ3) is 9.68. The zero-order chi connectivity index (χ0) is 40.8. The van der Waals surface area contributed by atoms with Crippen LogP contribution in [0.3, 0.4) is 0 Å². The van der Waals surface area contributed by atoms with Gasteiger partial charge in [0, 0.05) is 18.5 Å². The maximum absolute atomic E-state index is 13.7. The Kier molecular flexibility index (Phi) is 12.1. The number of hydrogen-bond donors (Lipinski definition) is 3. The summed E-state index contributed by atoms with van der Waals surface area (Å²) in [6.07, 6.45) is 1.59. The third-order valence-electron chi connectivity index (χ3n) is 10.7. The summed E-state index contributed by atoms with van der Waals surface area (Å²) in [6, 6.07) is 46.8. The van der Waals surface area contributed by atoms with Crippen molar-refractivity contribution >= 4 is 27.0 Å². The van der Waals surface area contributed by atoms with Crippen LogP contribution in [0.1, 0.15) is 52.2 Å². The molecule has 0 saturated carbocycles. The van der Waals surface area contributed by atoms with Gasteiger partial charge in [-0.1, -0.05) is 121 Å². The Bertz CT molecular complexity index is 2630. The van der Waals surface area contributed by atoms with E-state index in [0.717, 1.165) is 55.5 Å². The molecular weight excluding hydrogens is 761 g/mol.